The number of aromatic nitrogens is 1. The molecule has 0 aromatic carbocycles. The maximum Gasteiger partial charge on any atom is 0.434 e. The third-order valence-corrected chi connectivity index (χ3v) is 5.38. The van der Waals surface area contributed by atoms with Crippen molar-refractivity contribution in [2.24, 2.45) is 4.99 Å². The molecule has 2 N–H and O–H groups in total. The van der Waals surface area contributed by atoms with Crippen LogP contribution >= 0.6 is 11.3 Å². The van der Waals surface area contributed by atoms with Gasteiger partial charge in [-0.25, -0.2) is 9.98 Å². The molecule has 1 aliphatic heterocycles. The largest absolute Gasteiger partial charge is 0.434 e. The minimum atomic E-state index is -4.40. The van der Waals surface area contributed by atoms with E-state index in [4.69, 9.17) is 0 Å². The van der Waals surface area contributed by atoms with E-state index in [2.05, 4.69) is 39.4 Å². The number of nitrogens with one attached hydrogen (secondary N) is 2. The van der Waals surface area contributed by atoms with Crippen LogP contribution in [0.1, 0.15) is 50.7 Å². The zero-order valence-electron chi connectivity index (χ0n) is 15.6. The van der Waals surface area contributed by atoms with Crippen LogP contribution in [0.5, 0.6) is 0 Å². The van der Waals surface area contributed by atoms with E-state index in [9.17, 15) is 13.2 Å². The first-order valence-electron chi connectivity index (χ1n) is 9.10. The van der Waals surface area contributed by atoms with Gasteiger partial charge in [-0.05, 0) is 40.2 Å². The highest BCUT2D eigenvalue weighted by atomic mass is 32.1. The number of likely N-dealkylation sites (tertiary alicyclic amines) is 1. The Morgan fingerprint density at radius 1 is 1.42 bits per heavy atom. The average Bonchev–Trinajstić information content (AvgIpc) is 3.07. The summed E-state index contributed by atoms with van der Waals surface area (Å²) in [5.41, 5.74) is -0.849. The molecule has 0 saturated carbocycles. The lowest BCUT2D eigenvalue weighted by atomic mass is 10.0. The quantitative estimate of drug-likeness (QED) is 0.576. The van der Waals surface area contributed by atoms with Crippen LogP contribution in [0.15, 0.2) is 10.4 Å². The molecule has 1 aromatic rings. The van der Waals surface area contributed by atoms with Gasteiger partial charge in [0.1, 0.15) is 5.01 Å². The highest BCUT2D eigenvalue weighted by molar-refractivity contribution is 7.09. The van der Waals surface area contributed by atoms with Crippen LogP contribution in [0.25, 0.3) is 0 Å². The Labute approximate surface area is 157 Å². The van der Waals surface area contributed by atoms with Crippen molar-refractivity contribution in [2.75, 3.05) is 19.6 Å². The van der Waals surface area contributed by atoms with Crippen molar-refractivity contribution in [2.45, 2.75) is 64.8 Å². The smallest absolute Gasteiger partial charge is 0.357 e. The molecule has 0 bridgehead atoms. The lowest BCUT2D eigenvalue weighted by Crippen LogP contribution is -2.50. The summed E-state index contributed by atoms with van der Waals surface area (Å²) in [6.45, 7) is 9.07. The summed E-state index contributed by atoms with van der Waals surface area (Å²) < 4.78 is 37.9. The lowest BCUT2D eigenvalue weighted by molar-refractivity contribution is -0.140. The first kappa shape index (κ1) is 21.0. The molecule has 1 fully saturated rings. The molecule has 148 valence electrons. The number of thiazole rings is 1. The first-order chi connectivity index (χ1) is 12.3. The molecule has 2 unspecified atom stereocenters. The van der Waals surface area contributed by atoms with Crippen molar-refractivity contribution in [3.63, 3.8) is 0 Å². The van der Waals surface area contributed by atoms with E-state index in [1.165, 1.54) is 19.3 Å². The van der Waals surface area contributed by atoms with Gasteiger partial charge in [0.15, 0.2) is 11.7 Å². The van der Waals surface area contributed by atoms with Gasteiger partial charge in [-0.1, -0.05) is 6.42 Å². The number of alkyl halides is 3. The highest BCUT2D eigenvalue weighted by Gasteiger charge is 2.33. The van der Waals surface area contributed by atoms with E-state index in [0.717, 1.165) is 29.8 Å². The second-order valence-corrected chi connectivity index (χ2v) is 7.57. The Bertz CT molecular complexity index is 587. The second kappa shape index (κ2) is 9.55. The number of rotatable bonds is 6. The van der Waals surface area contributed by atoms with Crippen LogP contribution in [0.2, 0.25) is 0 Å². The Kier molecular flexibility index (Phi) is 7.69. The van der Waals surface area contributed by atoms with Crippen LogP contribution in [0.3, 0.4) is 0 Å². The zero-order chi connectivity index (χ0) is 19.2. The van der Waals surface area contributed by atoms with Crippen LogP contribution in [-0.4, -0.2) is 47.6 Å². The SMILES string of the molecule is CCNC(=NCc1nc(C(F)(F)F)cs1)NCC(C)N1CCCCC1C. The predicted octanol–water partition coefficient (Wildman–Crippen LogP) is 3.48. The Hall–Kier alpha value is -1.35. The van der Waals surface area contributed by atoms with E-state index in [1.54, 1.807) is 0 Å². The number of aliphatic imine (C=N–C) groups is 1. The van der Waals surface area contributed by atoms with Gasteiger partial charge < -0.3 is 10.6 Å². The molecule has 1 aromatic heterocycles. The number of hydrogen-bond donors (Lipinski definition) is 2. The molecule has 0 amide bonds. The topological polar surface area (TPSA) is 52.6 Å². The summed E-state index contributed by atoms with van der Waals surface area (Å²) in [5, 5.41) is 7.82. The van der Waals surface area contributed by atoms with Gasteiger partial charge in [0.25, 0.3) is 0 Å². The van der Waals surface area contributed by atoms with Crippen molar-refractivity contribution < 1.29 is 13.2 Å². The Balaban J connectivity index is 1.90. The fourth-order valence-electron chi connectivity index (χ4n) is 3.14. The van der Waals surface area contributed by atoms with E-state index in [0.29, 0.717) is 29.6 Å². The van der Waals surface area contributed by atoms with Crippen molar-refractivity contribution in [3.05, 3.63) is 16.1 Å². The van der Waals surface area contributed by atoms with Gasteiger partial charge in [-0.15, -0.1) is 11.3 Å². The van der Waals surface area contributed by atoms with E-state index in [1.807, 2.05) is 6.92 Å². The molecule has 5 nitrogen and oxygen atoms in total. The normalized spacial score (nSPS) is 20.8. The molecule has 0 spiro atoms. The predicted molar refractivity (Wildman–Crippen MR) is 99.4 cm³/mol. The van der Waals surface area contributed by atoms with E-state index >= 15 is 0 Å². The molecule has 2 rings (SSSR count). The molecule has 1 saturated heterocycles. The molecule has 26 heavy (non-hydrogen) atoms. The zero-order valence-corrected chi connectivity index (χ0v) is 16.4. The molecule has 0 radical (unpaired) electrons. The standard InChI is InChI=1S/C17H28F3N5S/c1-4-21-16(22-9-13(3)25-8-6-5-7-12(25)2)23-10-15-24-14(11-26-15)17(18,19)20/h11-13H,4-10H2,1-3H3,(H2,21,22,23). The third-order valence-electron chi connectivity index (χ3n) is 4.54. The van der Waals surface area contributed by atoms with Gasteiger partial charge in [0.05, 0.1) is 6.54 Å². The molecular weight excluding hydrogens is 363 g/mol. The van der Waals surface area contributed by atoms with Crippen molar-refractivity contribution in [1.82, 2.24) is 20.5 Å². The number of guanidine groups is 1. The maximum absolute atomic E-state index is 12.6. The summed E-state index contributed by atoms with van der Waals surface area (Å²) in [7, 11) is 0. The van der Waals surface area contributed by atoms with Crippen LogP contribution in [-0.2, 0) is 12.7 Å². The number of hydrogen-bond acceptors (Lipinski definition) is 4. The van der Waals surface area contributed by atoms with Gasteiger partial charge in [0.2, 0.25) is 0 Å². The van der Waals surface area contributed by atoms with E-state index < -0.39 is 11.9 Å². The Morgan fingerprint density at radius 2 is 2.19 bits per heavy atom. The number of piperidine rings is 1. The van der Waals surface area contributed by atoms with Crippen molar-refractivity contribution in [3.8, 4) is 0 Å². The summed E-state index contributed by atoms with van der Waals surface area (Å²) in [4.78, 5) is 10.5. The number of halogens is 3. The molecule has 1 aliphatic rings. The second-order valence-electron chi connectivity index (χ2n) is 6.63. The summed E-state index contributed by atoms with van der Waals surface area (Å²) in [6, 6.07) is 0.946. The fourth-order valence-corrected chi connectivity index (χ4v) is 3.86. The third kappa shape index (κ3) is 6.12. The number of nitrogens with zero attached hydrogens (tertiary/aromatic N) is 3. The molecule has 9 heteroatoms. The summed E-state index contributed by atoms with van der Waals surface area (Å²) >= 11 is 0.982. The van der Waals surface area contributed by atoms with Gasteiger partial charge >= 0.3 is 6.18 Å². The van der Waals surface area contributed by atoms with E-state index in [-0.39, 0.29) is 6.54 Å². The monoisotopic (exact) mass is 391 g/mol. The average molecular weight is 392 g/mol. The summed E-state index contributed by atoms with van der Waals surface area (Å²) in [5.74, 6) is 0.604. The fraction of sp³-hybridized carbons (Fsp3) is 0.765. The van der Waals surface area contributed by atoms with Crippen LogP contribution in [0.4, 0.5) is 13.2 Å². The van der Waals surface area contributed by atoms with Gasteiger partial charge in [-0.3, -0.25) is 4.90 Å². The molecular formula is C17H28F3N5S. The van der Waals surface area contributed by atoms with Gasteiger partial charge in [0, 0.05) is 30.6 Å². The Morgan fingerprint density at radius 3 is 2.81 bits per heavy atom. The minimum absolute atomic E-state index is 0.130. The van der Waals surface area contributed by atoms with Crippen molar-refractivity contribution in [1.29, 1.82) is 0 Å². The summed E-state index contributed by atoms with van der Waals surface area (Å²) in [6.07, 6.45) is -0.657. The van der Waals surface area contributed by atoms with Crippen molar-refractivity contribution >= 4 is 17.3 Å². The molecule has 0 aliphatic carbocycles. The first-order valence-corrected chi connectivity index (χ1v) is 9.98. The minimum Gasteiger partial charge on any atom is -0.357 e. The highest BCUT2D eigenvalue weighted by Crippen LogP contribution is 2.30. The molecule has 2 atom stereocenters. The van der Waals surface area contributed by atoms with Crippen LogP contribution in [0, 0.1) is 0 Å². The maximum atomic E-state index is 12.6. The lowest BCUT2D eigenvalue weighted by Gasteiger charge is -2.38. The molecule has 2 heterocycles. The van der Waals surface area contributed by atoms with Crippen LogP contribution < -0.4 is 10.6 Å². The van der Waals surface area contributed by atoms with Gasteiger partial charge in [-0.2, -0.15) is 13.2 Å².